The molecule has 0 saturated heterocycles. The number of hydrogen-bond donors (Lipinski definition) is 3. The van der Waals surface area contributed by atoms with E-state index in [1.54, 1.807) is 6.26 Å². The van der Waals surface area contributed by atoms with E-state index in [0.29, 0.717) is 5.16 Å². The Balaban J connectivity index is 2.51. The van der Waals surface area contributed by atoms with Gasteiger partial charge in [-0.25, -0.2) is 4.98 Å². The standard InChI is InChI=1S/C13H14N4O2S/c1-7-4-3-5-8(6-7)15-11-9(10(14)18)12(19)17-13(16-11)20-2/h3-6H,1-2H3,(H2,14,18)(H2,15,16,17,19). The molecule has 0 spiro atoms. The summed E-state index contributed by atoms with van der Waals surface area (Å²) in [5.74, 6) is -0.655. The summed E-state index contributed by atoms with van der Waals surface area (Å²) in [6, 6.07) is 7.51. The molecule has 20 heavy (non-hydrogen) atoms. The lowest BCUT2D eigenvalue weighted by atomic mass is 10.2. The van der Waals surface area contributed by atoms with Crippen molar-refractivity contribution in [2.45, 2.75) is 12.1 Å². The summed E-state index contributed by atoms with van der Waals surface area (Å²) >= 11 is 1.27. The highest BCUT2D eigenvalue weighted by atomic mass is 32.2. The fourth-order valence-electron chi connectivity index (χ4n) is 1.73. The Bertz CT molecular complexity index is 712. The molecule has 104 valence electrons. The molecule has 1 heterocycles. The van der Waals surface area contributed by atoms with Crippen molar-refractivity contribution in [3.8, 4) is 0 Å². The second-order valence-electron chi connectivity index (χ2n) is 4.16. The summed E-state index contributed by atoms with van der Waals surface area (Å²) < 4.78 is 0. The third-order valence-corrected chi connectivity index (χ3v) is 3.20. The van der Waals surface area contributed by atoms with Crippen molar-refractivity contribution in [1.29, 1.82) is 0 Å². The van der Waals surface area contributed by atoms with E-state index < -0.39 is 11.5 Å². The van der Waals surface area contributed by atoms with Crippen molar-refractivity contribution in [1.82, 2.24) is 9.97 Å². The molecular formula is C13H14N4O2S. The number of primary amides is 1. The van der Waals surface area contributed by atoms with Crippen LogP contribution < -0.4 is 16.6 Å². The molecule has 0 fully saturated rings. The van der Waals surface area contributed by atoms with Gasteiger partial charge >= 0.3 is 0 Å². The number of carbonyl (C=O) groups is 1. The largest absolute Gasteiger partial charge is 0.365 e. The quantitative estimate of drug-likeness (QED) is 0.587. The van der Waals surface area contributed by atoms with Gasteiger partial charge in [-0.1, -0.05) is 23.9 Å². The Hall–Kier alpha value is -2.28. The molecule has 1 aromatic heterocycles. The van der Waals surface area contributed by atoms with E-state index in [4.69, 9.17) is 5.73 Å². The van der Waals surface area contributed by atoms with Crippen LogP contribution in [0.15, 0.2) is 34.2 Å². The number of aryl methyl sites for hydroxylation is 1. The lowest BCUT2D eigenvalue weighted by Gasteiger charge is -2.10. The second kappa shape index (κ2) is 5.79. The van der Waals surface area contributed by atoms with Crippen LogP contribution in [0.5, 0.6) is 0 Å². The summed E-state index contributed by atoms with van der Waals surface area (Å²) in [5.41, 5.74) is 6.30. The summed E-state index contributed by atoms with van der Waals surface area (Å²) in [7, 11) is 0. The van der Waals surface area contributed by atoms with Crippen LogP contribution in [-0.2, 0) is 0 Å². The highest BCUT2D eigenvalue weighted by Crippen LogP contribution is 2.19. The van der Waals surface area contributed by atoms with E-state index in [1.807, 2.05) is 31.2 Å². The van der Waals surface area contributed by atoms with Gasteiger partial charge in [0.1, 0.15) is 5.56 Å². The minimum Gasteiger partial charge on any atom is -0.365 e. The van der Waals surface area contributed by atoms with Crippen molar-refractivity contribution >= 4 is 29.2 Å². The smallest absolute Gasteiger partial charge is 0.266 e. The number of nitrogens with two attached hydrogens (primary N) is 1. The molecule has 0 atom stereocenters. The summed E-state index contributed by atoms with van der Waals surface area (Å²) in [5, 5.41) is 3.38. The normalized spacial score (nSPS) is 10.3. The number of thioether (sulfide) groups is 1. The van der Waals surface area contributed by atoms with Crippen LogP contribution in [0.3, 0.4) is 0 Å². The van der Waals surface area contributed by atoms with Crippen LogP contribution in [0.25, 0.3) is 0 Å². The first kappa shape index (κ1) is 14.1. The monoisotopic (exact) mass is 290 g/mol. The van der Waals surface area contributed by atoms with Gasteiger partial charge in [0.2, 0.25) is 0 Å². The van der Waals surface area contributed by atoms with Crippen molar-refractivity contribution in [2.75, 3.05) is 11.6 Å². The van der Waals surface area contributed by atoms with E-state index in [2.05, 4.69) is 15.3 Å². The number of hydrogen-bond acceptors (Lipinski definition) is 5. The molecule has 1 amide bonds. The lowest BCUT2D eigenvalue weighted by Crippen LogP contribution is -2.26. The molecule has 0 aliphatic carbocycles. The Kier molecular flexibility index (Phi) is 4.09. The Labute approximate surface area is 119 Å². The van der Waals surface area contributed by atoms with Gasteiger partial charge in [-0.2, -0.15) is 0 Å². The van der Waals surface area contributed by atoms with Gasteiger partial charge in [0.15, 0.2) is 11.0 Å². The van der Waals surface area contributed by atoms with Crippen molar-refractivity contribution in [2.24, 2.45) is 5.73 Å². The Morgan fingerprint density at radius 3 is 2.80 bits per heavy atom. The Morgan fingerprint density at radius 2 is 2.20 bits per heavy atom. The van der Waals surface area contributed by atoms with E-state index >= 15 is 0 Å². The number of rotatable bonds is 4. The van der Waals surface area contributed by atoms with Crippen LogP contribution >= 0.6 is 11.8 Å². The minimum atomic E-state index is -0.818. The topological polar surface area (TPSA) is 101 Å². The molecule has 0 saturated carbocycles. The molecule has 7 heteroatoms. The molecule has 0 radical (unpaired) electrons. The zero-order valence-electron chi connectivity index (χ0n) is 11.1. The molecule has 0 aliphatic heterocycles. The van der Waals surface area contributed by atoms with Crippen LogP contribution in [-0.4, -0.2) is 22.1 Å². The van der Waals surface area contributed by atoms with E-state index in [1.165, 1.54) is 11.8 Å². The fourth-order valence-corrected chi connectivity index (χ4v) is 2.11. The lowest BCUT2D eigenvalue weighted by molar-refractivity contribution is 0.0999. The van der Waals surface area contributed by atoms with E-state index in [-0.39, 0.29) is 11.4 Å². The summed E-state index contributed by atoms with van der Waals surface area (Å²) in [4.78, 5) is 30.0. The zero-order valence-corrected chi connectivity index (χ0v) is 11.9. The van der Waals surface area contributed by atoms with Gasteiger partial charge in [-0.3, -0.25) is 9.59 Å². The number of amides is 1. The second-order valence-corrected chi connectivity index (χ2v) is 4.95. The van der Waals surface area contributed by atoms with Gasteiger partial charge < -0.3 is 16.0 Å². The molecule has 2 rings (SSSR count). The van der Waals surface area contributed by atoms with Crippen LogP contribution in [0.4, 0.5) is 11.5 Å². The van der Waals surface area contributed by atoms with Crippen molar-refractivity contribution in [3.05, 3.63) is 45.7 Å². The predicted octanol–water partition coefficient (Wildman–Crippen LogP) is 1.64. The third-order valence-electron chi connectivity index (χ3n) is 2.62. The van der Waals surface area contributed by atoms with Crippen molar-refractivity contribution in [3.63, 3.8) is 0 Å². The molecule has 4 N–H and O–H groups in total. The SMILES string of the molecule is CSc1nc(Nc2cccc(C)c2)c(C(N)=O)c(=O)[nH]1. The first-order chi connectivity index (χ1) is 9.51. The van der Waals surface area contributed by atoms with Crippen LogP contribution in [0.1, 0.15) is 15.9 Å². The van der Waals surface area contributed by atoms with Crippen LogP contribution in [0, 0.1) is 6.92 Å². The first-order valence-corrected chi connectivity index (χ1v) is 7.05. The molecule has 0 unspecified atom stereocenters. The maximum Gasteiger partial charge on any atom is 0.266 e. The van der Waals surface area contributed by atoms with Crippen molar-refractivity contribution < 1.29 is 4.79 Å². The maximum atomic E-state index is 11.9. The van der Waals surface area contributed by atoms with Gasteiger partial charge in [0, 0.05) is 5.69 Å². The number of H-pyrrole nitrogens is 1. The number of anilines is 2. The first-order valence-electron chi connectivity index (χ1n) is 5.83. The highest BCUT2D eigenvalue weighted by Gasteiger charge is 2.16. The van der Waals surface area contributed by atoms with E-state index in [0.717, 1.165) is 11.3 Å². The Morgan fingerprint density at radius 1 is 1.45 bits per heavy atom. The number of nitrogens with one attached hydrogen (secondary N) is 2. The molecule has 1 aromatic carbocycles. The van der Waals surface area contributed by atoms with Crippen LogP contribution in [0.2, 0.25) is 0 Å². The average Bonchev–Trinajstić information content (AvgIpc) is 2.37. The minimum absolute atomic E-state index is 0.163. The van der Waals surface area contributed by atoms with Gasteiger partial charge in [-0.05, 0) is 30.9 Å². The number of aromatic amines is 1. The average molecular weight is 290 g/mol. The third kappa shape index (κ3) is 3.00. The number of benzene rings is 1. The zero-order chi connectivity index (χ0) is 14.7. The number of carbonyl (C=O) groups excluding carboxylic acids is 1. The molecule has 2 aromatic rings. The highest BCUT2D eigenvalue weighted by molar-refractivity contribution is 7.98. The maximum absolute atomic E-state index is 11.9. The van der Waals surface area contributed by atoms with Gasteiger partial charge in [0.05, 0.1) is 0 Å². The summed E-state index contributed by atoms with van der Waals surface area (Å²) in [6.07, 6.45) is 1.78. The summed E-state index contributed by atoms with van der Waals surface area (Å²) in [6.45, 7) is 1.94. The van der Waals surface area contributed by atoms with E-state index in [9.17, 15) is 9.59 Å². The molecular weight excluding hydrogens is 276 g/mol. The molecule has 0 aliphatic rings. The fraction of sp³-hybridized carbons (Fsp3) is 0.154. The molecule has 6 nitrogen and oxygen atoms in total. The number of nitrogens with zero attached hydrogens (tertiary/aromatic N) is 1. The molecule has 0 bridgehead atoms. The number of aromatic nitrogens is 2. The van der Waals surface area contributed by atoms with Gasteiger partial charge in [-0.15, -0.1) is 0 Å². The predicted molar refractivity (Wildman–Crippen MR) is 79.6 cm³/mol. The van der Waals surface area contributed by atoms with Gasteiger partial charge in [0.25, 0.3) is 11.5 Å².